The van der Waals surface area contributed by atoms with Crippen molar-refractivity contribution in [2.75, 3.05) is 39.8 Å². The lowest BCUT2D eigenvalue weighted by Gasteiger charge is -2.32. The second-order valence-electron chi connectivity index (χ2n) is 12.4. The van der Waals surface area contributed by atoms with Gasteiger partial charge in [0, 0.05) is 38.2 Å². The Labute approximate surface area is 280 Å². The van der Waals surface area contributed by atoms with Gasteiger partial charge >= 0.3 is 0 Å². The highest BCUT2D eigenvalue weighted by molar-refractivity contribution is 6.38. The van der Waals surface area contributed by atoms with E-state index in [4.69, 9.17) is 0 Å². The fourth-order valence-corrected chi connectivity index (χ4v) is 5.46. The number of hydrogen-bond acceptors (Lipinski definition) is 7. The summed E-state index contributed by atoms with van der Waals surface area (Å²) in [6.07, 6.45) is 0.164. The zero-order valence-corrected chi connectivity index (χ0v) is 27.8. The zero-order valence-electron chi connectivity index (χ0n) is 27.8. The van der Waals surface area contributed by atoms with Gasteiger partial charge < -0.3 is 31.1 Å². The van der Waals surface area contributed by atoms with Crippen LogP contribution in [0.3, 0.4) is 0 Å². The Balaban J connectivity index is 1.39. The van der Waals surface area contributed by atoms with Gasteiger partial charge in [-0.05, 0) is 42.3 Å². The van der Waals surface area contributed by atoms with E-state index in [1.165, 1.54) is 6.92 Å². The van der Waals surface area contributed by atoms with Crippen molar-refractivity contribution in [1.29, 1.82) is 0 Å². The normalized spacial score (nSPS) is 15.2. The summed E-state index contributed by atoms with van der Waals surface area (Å²) < 4.78 is 0. The Kier molecular flexibility index (Phi) is 12.4. The monoisotopic (exact) mass is 656 g/mol. The maximum absolute atomic E-state index is 13.6. The molecule has 0 bridgehead atoms. The second kappa shape index (κ2) is 16.6. The number of fused-ring (bicyclic) bond motifs is 1. The molecule has 0 spiro atoms. The number of nitrogens with zero attached hydrogens (tertiary/aromatic N) is 2. The Morgan fingerprint density at radius 1 is 0.729 bits per heavy atom. The lowest BCUT2D eigenvalue weighted by Crippen LogP contribution is -2.57. The van der Waals surface area contributed by atoms with Gasteiger partial charge in [-0.1, -0.05) is 80.6 Å². The molecule has 0 saturated carbocycles. The van der Waals surface area contributed by atoms with Crippen LogP contribution in [0.5, 0.6) is 0 Å². The molecule has 3 atom stereocenters. The predicted octanol–water partition coefficient (Wildman–Crippen LogP) is 1.29. The zero-order chi connectivity index (χ0) is 34.8. The van der Waals surface area contributed by atoms with Crippen LogP contribution in [0, 0.1) is 5.92 Å². The van der Waals surface area contributed by atoms with E-state index in [0.29, 0.717) is 18.7 Å². The van der Waals surface area contributed by atoms with Crippen molar-refractivity contribution in [2.24, 2.45) is 5.92 Å². The first-order valence-electron chi connectivity index (χ1n) is 16.2. The summed E-state index contributed by atoms with van der Waals surface area (Å²) in [7, 11) is 1.96. The van der Waals surface area contributed by atoms with Gasteiger partial charge in [0.25, 0.3) is 11.8 Å². The molecular formula is C36H44N6O6. The summed E-state index contributed by atoms with van der Waals surface area (Å²) in [6, 6.07) is 18.6. The van der Waals surface area contributed by atoms with E-state index in [1.54, 1.807) is 30.9 Å². The molecule has 1 saturated heterocycles. The highest BCUT2D eigenvalue weighted by atomic mass is 16.2. The molecule has 3 aromatic carbocycles. The molecule has 0 radical (unpaired) electrons. The lowest BCUT2D eigenvalue weighted by atomic mass is 9.98. The maximum atomic E-state index is 13.6. The summed E-state index contributed by atoms with van der Waals surface area (Å²) in [5.41, 5.74) is 1.21. The number of piperazine rings is 1. The third kappa shape index (κ3) is 9.47. The predicted molar refractivity (Wildman–Crippen MR) is 182 cm³/mol. The molecule has 1 heterocycles. The van der Waals surface area contributed by atoms with Crippen LogP contribution < -0.4 is 21.3 Å². The van der Waals surface area contributed by atoms with Gasteiger partial charge in [0.15, 0.2) is 0 Å². The second-order valence-corrected chi connectivity index (χ2v) is 12.4. The average molecular weight is 657 g/mol. The van der Waals surface area contributed by atoms with Crippen LogP contribution in [0.2, 0.25) is 0 Å². The number of rotatable bonds is 13. The van der Waals surface area contributed by atoms with E-state index in [-0.39, 0.29) is 18.9 Å². The Morgan fingerprint density at radius 2 is 1.38 bits per heavy atom. The molecule has 0 aliphatic carbocycles. The first kappa shape index (κ1) is 35.7. The van der Waals surface area contributed by atoms with Crippen LogP contribution in [0.4, 0.5) is 0 Å². The molecule has 1 aliphatic heterocycles. The molecule has 1 fully saturated rings. The molecule has 48 heavy (non-hydrogen) atoms. The number of likely N-dealkylation sites (N-methyl/N-ethyl adjacent to an activating group) is 1. The van der Waals surface area contributed by atoms with E-state index in [2.05, 4.69) is 26.2 Å². The minimum atomic E-state index is -1.19. The van der Waals surface area contributed by atoms with Crippen molar-refractivity contribution in [1.82, 2.24) is 31.1 Å². The molecule has 4 N–H and O–H groups in total. The SMILES string of the molecule is CC(C)[C@H](NC(=O)[C@H](C)NC(=O)[C@H](Cc1ccccc1)NC(=O)c1cccc2ccccc12)C(=O)C(=O)NCC(=O)N1CCN(C)CC1. The van der Waals surface area contributed by atoms with E-state index in [1.807, 2.05) is 67.7 Å². The first-order chi connectivity index (χ1) is 22.9. The van der Waals surface area contributed by atoms with Crippen LogP contribution >= 0.6 is 0 Å². The molecule has 1 aliphatic rings. The van der Waals surface area contributed by atoms with Crippen molar-refractivity contribution < 1.29 is 28.8 Å². The minimum absolute atomic E-state index is 0.164. The van der Waals surface area contributed by atoms with Crippen molar-refractivity contribution in [3.63, 3.8) is 0 Å². The standard InChI is InChI=1S/C36H44N6O6/c1-23(2)31(32(44)36(48)37-22-30(43)42-19-17-41(4)18-20-42)40-33(45)24(3)38-35(47)29(21-25-11-6-5-7-12-25)39-34(46)28-16-10-14-26-13-8-9-15-27(26)28/h5-16,23-24,29,31H,17-22H2,1-4H3,(H,37,48)(H,38,47)(H,39,46)(H,40,45)/t24-,29-,31-/m0/s1. The fraction of sp³-hybridized carbons (Fsp3) is 0.389. The Bertz CT molecular complexity index is 1630. The van der Waals surface area contributed by atoms with Crippen LogP contribution in [-0.4, -0.2) is 103 Å². The molecule has 12 heteroatoms. The van der Waals surface area contributed by atoms with Crippen LogP contribution in [0.25, 0.3) is 10.8 Å². The molecule has 0 aromatic heterocycles. The number of ketones is 1. The van der Waals surface area contributed by atoms with Crippen LogP contribution in [0.15, 0.2) is 72.8 Å². The highest BCUT2D eigenvalue weighted by Crippen LogP contribution is 2.19. The third-order valence-electron chi connectivity index (χ3n) is 8.42. The van der Waals surface area contributed by atoms with Gasteiger partial charge in [0.2, 0.25) is 23.5 Å². The van der Waals surface area contributed by atoms with Gasteiger partial charge in [0.05, 0.1) is 12.6 Å². The van der Waals surface area contributed by atoms with E-state index in [9.17, 15) is 28.8 Å². The Hall–Kier alpha value is -5.10. The summed E-state index contributed by atoms with van der Waals surface area (Å²) in [5, 5.41) is 12.1. The van der Waals surface area contributed by atoms with Crippen molar-refractivity contribution >= 4 is 46.1 Å². The van der Waals surface area contributed by atoms with Crippen LogP contribution in [0.1, 0.15) is 36.7 Å². The first-order valence-corrected chi connectivity index (χ1v) is 16.2. The van der Waals surface area contributed by atoms with E-state index >= 15 is 0 Å². The number of hydrogen-bond donors (Lipinski definition) is 4. The van der Waals surface area contributed by atoms with Gasteiger partial charge in [-0.2, -0.15) is 0 Å². The number of amides is 5. The van der Waals surface area contributed by atoms with Gasteiger partial charge in [-0.25, -0.2) is 0 Å². The smallest absolute Gasteiger partial charge is 0.290 e. The fourth-order valence-electron chi connectivity index (χ4n) is 5.46. The van der Waals surface area contributed by atoms with Crippen molar-refractivity contribution in [2.45, 2.75) is 45.3 Å². The van der Waals surface area contributed by atoms with E-state index < -0.39 is 53.5 Å². The van der Waals surface area contributed by atoms with Crippen molar-refractivity contribution in [3.8, 4) is 0 Å². The quantitative estimate of drug-likeness (QED) is 0.202. The minimum Gasteiger partial charge on any atom is -0.344 e. The number of benzene rings is 3. The van der Waals surface area contributed by atoms with Gasteiger partial charge in [-0.3, -0.25) is 28.8 Å². The molecule has 3 aromatic rings. The largest absolute Gasteiger partial charge is 0.344 e. The van der Waals surface area contributed by atoms with Crippen molar-refractivity contribution in [3.05, 3.63) is 83.9 Å². The highest BCUT2D eigenvalue weighted by Gasteiger charge is 2.33. The lowest BCUT2D eigenvalue weighted by molar-refractivity contribution is -0.142. The summed E-state index contributed by atoms with van der Waals surface area (Å²) in [6.45, 7) is 6.99. The molecule has 4 rings (SSSR count). The number of nitrogens with one attached hydrogen (secondary N) is 4. The topological polar surface area (TPSA) is 157 Å². The third-order valence-corrected chi connectivity index (χ3v) is 8.42. The van der Waals surface area contributed by atoms with Gasteiger partial charge in [-0.15, -0.1) is 0 Å². The molecular weight excluding hydrogens is 612 g/mol. The summed E-state index contributed by atoms with van der Waals surface area (Å²) in [5.74, 6) is -4.35. The molecule has 254 valence electrons. The number of Topliss-reactive ketones (excluding diaryl/α,β-unsaturated/α-hetero) is 1. The van der Waals surface area contributed by atoms with E-state index in [0.717, 1.165) is 29.4 Å². The summed E-state index contributed by atoms with van der Waals surface area (Å²) in [4.78, 5) is 82.3. The molecule has 0 unspecified atom stereocenters. The molecule has 5 amide bonds. The van der Waals surface area contributed by atoms with Crippen LogP contribution in [-0.2, 0) is 30.4 Å². The maximum Gasteiger partial charge on any atom is 0.290 e. The van der Waals surface area contributed by atoms with Gasteiger partial charge in [0.1, 0.15) is 12.1 Å². The number of carbonyl (C=O) groups is 6. The molecule has 12 nitrogen and oxygen atoms in total. The Morgan fingerprint density at radius 3 is 2.06 bits per heavy atom. The summed E-state index contributed by atoms with van der Waals surface area (Å²) >= 11 is 0. The number of carbonyl (C=O) groups excluding carboxylic acids is 6. The average Bonchev–Trinajstić information content (AvgIpc) is 3.08.